The number of nitrogens with one attached hydrogen (secondary N) is 3. The first-order valence-corrected chi connectivity index (χ1v) is 11.6. The number of carbonyl (C=O) groups excluding carboxylic acids is 1. The molecule has 1 saturated heterocycles. The number of likely N-dealkylation sites (tertiary alicyclic amines) is 1. The molecule has 3 N–H and O–H groups in total. The molecule has 2 heterocycles. The first-order valence-electron chi connectivity index (χ1n) is 11.6. The van der Waals surface area contributed by atoms with E-state index in [1.165, 1.54) is 19.4 Å². The molecule has 1 amide bonds. The van der Waals surface area contributed by atoms with Crippen LogP contribution in [0.2, 0.25) is 0 Å². The third-order valence-corrected chi connectivity index (χ3v) is 5.63. The molecule has 0 bridgehead atoms. The van der Waals surface area contributed by atoms with E-state index >= 15 is 0 Å². The van der Waals surface area contributed by atoms with Crippen LogP contribution in [0, 0.1) is 0 Å². The van der Waals surface area contributed by atoms with Crippen LogP contribution in [0.25, 0.3) is 0 Å². The Bertz CT molecular complexity index is 1190. The molecular formula is C26H29FN6O3. The lowest BCUT2D eigenvalue weighted by Crippen LogP contribution is -2.27. The smallest absolute Gasteiger partial charge is 0.267 e. The highest BCUT2D eigenvalue weighted by molar-refractivity contribution is 5.98. The van der Waals surface area contributed by atoms with E-state index in [0.29, 0.717) is 35.7 Å². The van der Waals surface area contributed by atoms with Crippen LogP contribution in [0.5, 0.6) is 17.4 Å². The van der Waals surface area contributed by atoms with Gasteiger partial charge in [-0.25, -0.2) is 9.37 Å². The molecule has 1 aliphatic heterocycles. The predicted octanol–water partition coefficient (Wildman–Crippen LogP) is 4.60. The molecule has 0 saturated carbocycles. The summed E-state index contributed by atoms with van der Waals surface area (Å²) >= 11 is 0. The van der Waals surface area contributed by atoms with Crippen LogP contribution in [-0.2, 0) is 4.79 Å². The van der Waals surface area contributed by atoms with Crippen molar-refractivity contribution >= 4 is 28.9 Å². The van der Waals surface area contributed by atoms with Crippen LogP contribution in [0.15, 0.2) is 67.4 Å². The molecule has 1 aliphatic rings. The van der Waals surface area contributed by atoms with Crippen molar-refractivity contribution < 1.29 is 18.7 Å². The first kappa shape index (κ1) is 24.9. The maximum absolute atomic E-state index is 12.6. The molecule has 0 unspecified atom stereocenters. The van der Waals surface area contributed by atoms with Crippen LogP contribution in [0.3, 0.4) is 0 Å². The summed E-state index contributed by atoms with van der Waals surface area (Å²) in [6.45, 7) is 5.38. The Hall–Kier alpha value is -4.18. The second-order valence-electron chi connectivity index (χ2n) is 8.21. The Kier molecular flexibility index (Phi) is 8.30. The topological polar surface area (TPSA) is 101 Å². The van der Waals surface area contributed by atoms with Crippen molar-refractivity contribution in [3.8, 4) is 17.4 Å². The fourth-order valence-electron chi connectivity index (χ4n) is 3.86. The van der Waals surface area contributed by atoms with Gasteiger partial charge in [0.05, 0.1) is 13.3 Å². The zero-order valence-electron chi connectivity index (χ0n) is 20.0. The van der Waals surface area contributed by atoms with Crippen LogP contribution < -0.4 is 25.4 Å². The van der Waals surface area contributed by atoms with E-state index in [0.717, 1.165) is 30.9 Å². The second kappa shape index (κ2) is 12.0. The van der Waals surface area contributed by atoms with Crippen molar-refractivity contribution in [2.75, 3.05) is 49.4 Å². The minimum atomic E-state index is -0.318. The summed E-state index contributed by atoms with van der Waals surface area (Å²) in [4.78, 5) is 22.5. The number of hydrogen-bond donors (Lipinski definition) is 3. The lowest BCUT2D eigenvalue weighted by Gasteiger charge is -2.16. The van der Waals surface area contributed by atoms with Crippen LogP contribution in [0.1, 0.15) is 6.42 Å². The minimum Gasteiger partial charge on any atom is -0.490 e. The molecule has 4 rings (SSSR count). The summed E-state index contributed by atoms with van der Waals surface area (Å²) in [6.07, 6.45) is 3.71. The number of carbonyl (C=O) groups is 1. The van der Waals surface area contributed by atoms with Crippen molar-refractivity contribution in [2.45, 2.75) is 12.5 Å². The SMILES string of the molecule is C=CC(=O)Nc1cccc(Oc2nc(Nc3ccc(N[C@H]4CCN(CCF)C4)cc3)ncc2OC)c1. The maximum Gasteiger partial charge on any atom is 0.267 e. The third kappa shape index (κ3) is 6.70. The lowest BCUT2D eigenvalue weighted by molar-refractivity contribution is -0.111. The number of hydrogen-bond acceptors (Lipinski definition) is 8. The van der Waals surface area contributed by atoms with Gasteiger partial charge in [0.1, 0.15) is 12.4 Å². The van der Waals surface area contributed by atoms with Crippen LogP contribution in [0.4, 0.5) is 27.4 Å². The molecule has 1 atom stereocenters. The van der Waals surface area contributed by atoms with Gasteiger partial charge in [0.25, 0.3) is 5.88 Å². The van der Waals surface area contributed by atoms with E-state index in [4.69, 9.17) is 9.47 Å². The molecule has 1 fully saturated rings. The van der Waals surface area contributed by atoms with E-state index in [1.807, 2.05) is 24.3 Å². The maximum atomic E-state index is 12.6. The first-order chi connectivity index (χ1) is 17.6. The summed E-state index contributed by atoms with van der Waals surface area (Å²) in [5.41, 5.74) is 2.36. The number of nitrogens with zero attached hydrogens (tertiary/aromatic N) is 3. The van der Waals surface area contributed by atoms with Gasteiger partial charge in [0, 0.05) is 48.8 Å². The number of rotatable bonds is 11. The van der Waals surface area contributed by atoms with Crippen LogP contribution >= 0.6 is 0 Å². The highest BCUT2D eigenvalue weighted by Crippen LogP contribution is 2.31. The van der Waals surface area contributed by atoms with E-state index in [-0.39, 0.29) is 18.5 Å². The molecule has 3 aromatic rings. The van der Waals surface area contributed by atoms with Crippen LogP contribution in [-0.4, -0.2) is 60.2 Å². The zero-order valence-corrected chi connectivity index (χ0v) is 20.0. The number of methoxy groups -OCH3 is 1. The Balaban J connectivity index is 1.41. The van der Waals surface area contributed by atoms with Gasteiger partial charge in [0.2, 0.25) is 11.9 Å². The van der Waals surface area contributed by atoms with Crippen molar-refractivity contribution in [2.24, 2.45) is 0 Å². The summed E-state index contributed by atoms with van der Waals surface area (Å²) < 4.78 is 23.8. The molecule has 1 aromatic heterocycles. The monoisotopic (exact) mass is 492 g/mol. The third-order valence-electron chi connectivity index (χ3n) is 5.63. The van der Waals surface area contributed by atoms with E-state index in [9.17, 15) is 9.18 Å². The number of aromatic nitrogens is 2. The van der Waals surface area contributed by atoms with E-state index in [1.54, 1.807) is 24.3 Å². The van der Waals surface area contributed by atoms with Crippen molar-refractivity contribution in [1.82, 2.24) is 14.9 Å². The van der Waals surface area contributed by atoms with Gasteiger partial charge in [-0.2, -0.15) is 4.98 Å². The molecule has 0 radical (unpaired) electrons. The lowest BCUT2D eigenvalue weighted by atomic mass is 10.2. The molecule has 9 nitrogen and oxygen atoms in total. The van der Waals surface area contributed by atoms with Gasteiger partial charge in [-0.05, 0) is 48.9 Å². The van der Waals surface area contributed by atoms with Gasteiger partial charge in [-0.3, -0.25) is 9.69 Å². The van der Waals surface area contributed by atoms with Gasteiger partial charge < -0.3 is 25.4 Å². The molecular weight excluding hydrogens is 463 g/mol. The summed E-state index contributed by atoms with van der Waals surface area (Å²) in [6, 6.07) is 15.0. The Morgan fingerprint density at radius 2 is 2.03 bits per heavy atom. The Morgan fingerprint density at radius 1 is 1.22 bits per heavy atom. The predicted molar refractivity (Wildman–Crippen MR) is 138 cm³/mol. The number of alkyl halides is 1. The molecule has 188 valence electrons. The number of halogens is 1. The highest BCUT2D eigenvalue weighted by atomic mass is 19.1. The van der Waals surface area contributed by atoms with Gasteiger partial charge >= 0.3 is 0 Å². The molecule has 2 aromatic carbocycles. The second-order valence-corrected chi connectivity index (χ2v) is 8.21. The average Bonchev–Trinajstić information content (AvgIpc) is 3.32. The van der Waals surface area contributed by atoms with Gasteiger partial charge in [-0.1, -0.05) is 12.6 Å². The summed E-state index contributed by atoms with van der Waals surface area (Å²) in [5.74, 6) is 1.06. The molecule has 10 heteroatoms. The highest BCUT2D eigenvalue weighted by Gasteiger charge is 2.21. The van der Waals surface area contributed by atoms with Crippen molar-refractivity contribution in [1.29, 1.82) is 0 Å². The number of amides is 1. The standard InChI is InChI=1S/C26H29FN6O3/c1-3-24(34)30-20-5-4-6-22(15-20)36-25-23(35-2)16-28-26(32-25)31-19-9-7-18(8-10-19)29-21-11-13-33(17-21)14-12-27/h3-10,15-16,21,29H,1,11-14,17H2,2H3,(H,30,34)(H,28,31,32)/t21-/m0/s1. The number of anilines is 4. The normalized spacial score (nSPS) is 15.2. The minimum absolute atomic E-state index is 0.222. The van der Waals surface area contributed by atoms with Crippen molar-refractivity contribution in [3.63, 3.8) is 0 Å². The fraction of sp³-hybridized carbons (Fsp3) is 0.269. The average molecular weight is 493 g/mol. The van der Waals surface area contributed by atoms with Crippen molar-refractivity contribution in [3.05, 3.63) is 67.4 Å². The van der Waals surface area contributed by atoms with Gasteiger partial charge in [0.15, 0.2) is 5.75 Å². The summed E-state index contributed by atoms with van der Waals surface area (Å²) in [5, 5.41) is 9.36. The zero-order chi connectivity index (χ0) is 25.3. The summed E-state index contributed by atoms with van der Waals surface area (Å²) in [7, 11) is 1.51. The fourth-order valence-corrected chi connectivity index (χ4v) is 3.86. The number of benzene rings is 2. The molecule has 0 spiro atoms. The van der Waals surface area contributed by atoms with Gasteiger partial charge in [-0.15, -0.1) is 0 Å². The molecule has 36 heavy (non-hydrogen) atoms. The van der Waals surface area contributed by atoms with E-state index < -0.39 is 0 Å². The Labute approximate surface area is 209 Å². The molecule has 0 aliphatic carbocycles. The largest absolute Gasteiger partial charge is 0.490 e. The Morgan fingerprint density at radius 3 is 2.78 bits per heavy atom. The van der Waals surface area contributed by atoms with E-state index in [2.05, 4.69) is 37.4 Å². The quantitative estimate of drug-likeness (QED) is 0.334. The number of ether oxygens (including phenoxy) is 2.